The summed E-state index contributed by atoms with van der Waals surface area (Å²) < 4.78 is 13.5. The first-order chi connectivity index (χ1) is 14.6. The Balaban J connectivity index is 1.49. The van der Waals surface area contributed by atoms with Gasteiger partial charge in [-0.3, -0.25) is 14.8 Å². The SMILES string of the molecule is O=C(O)c1cnccc1CN1CCN(C(c2ccccc2)c2ccc(F)cc2)CC1. The maximum atomic E-state index is 13.5. The maximum absolute atomic E-state index is 13.5. The molecule has 0 aliphatic carbocycles. The first-order valence-electron chi connectivity index (χ1n) is 10.0. The average molecular weight is 405 g/mol. The van der Waals surface area contributed by atoms with Gasteiger partial charge in [-0.05, 0) is 34.9 Å². The lowest BCUT2D eigenvalue weighted by Gasteiger charge is -2.40. The highest BCUT2D eigenvalue weighted by molar-refractivity contribution is 5.88. The second-order valence-corrected chi connectivity index (χ2v) is 7.51. The number of hydrogen-bond donors (Lipinski definition) is 1. The molecule has 4 rings (SSSR count). The number of carbonyl (C=O) groups is 1. The summed E-state index contributed by atoms with van der Waals surface area (Å²) in [7, 11) is 0. The Labute approximate surface area is 175 Å². The molecule has 0 spiro atoms. The van der Waals surface area contributed by atoms with Crippen LogP contribution in [-0.4, -0.2) is 52.0 Å². The van der Waals surface area contributed by atoms with E-state index in [1.165, 1.54) is 23.9 Å². The number of piperazine rings is 1. The second kappa shape index (κ2) is 9.15. The standard InChI is InChI=1S/C24H24FN3O2/c25-21-8-6-19(7-9-21)23(18-4-2-1-3-5-18)28-14-12-27(13-15-28)17-20-10-11-26-16-22(20)24(29)30/h1-11,16,23H,12-15,17H2,(H,29,30). The minimum Gasteiger partial charge on any atom is -0.478 e. The van der Waals surface area contributed by atoms with Crippen LogP contribution in [0.4, 0.5) is 4.39 Å². The molecule has 0 radical (unpaired) electrons. The van der Waals surface area contributed by atoms with Crippen LogP contribution in [0.3, 0.4) is 0 Å². The van der Waals surface area contributed by atoms with Crippen molar-refractivity contribution in [3.8, 4) is 0 Å². The van der Waals surface area contributed by atoms with Crippen molar-refractivity contribution in [1.29, 1.82) is 0 Å². The normalized spacial score (nSPS) is 16.3. The van der Waals surface area contributed by atoms with Crippen molar-refractivity contribution in [2.24, 2.45) is 0 Å². The van der Waals surface area contributed by atoms with E-state index in [1.54, 1.807) is 12.3 Å². The molecule has 1 aliphatic rings. The molecule has 1 unspecified atom stereocenters. The number of aromatic nitrogens is 1. The number of benzene rings is 2. The molecule has 1 aliphatic heterocycles. The first-order valence-corrected chi connectivity index (χ1v) is 10.0. The molecule has 1 N–H and O–H groups in total. The van der Waals surface area contributed by atoms with Crippen LogP contribution in [0, 0.1) is 5.82 Å². The van der Waals surface area contributed by atoms with Gasteiger partial charge in [0.25, 0.3) is 0 Å². The first kappa shape index (κ1) is 20.2. The van der Waals surface area contributed by atoms with Crippen molar-refractivity contribution in [2.45, 2.75) is 12.6 Å². The highest BCUT2D eigenvalue weighted by atomic mass is 19.1. The Morgan fingerprint density at radius 3 is 2.30 bits per heavy atom. The highest BCUT2D eigenvalue weighted by Crippen LogP contribution is 2.30. The third kappa shape index (κ3) is 4.56. The Morgan fingerprint density at radius 1 is 0.967 bits per heavy atom. The van der Waals surface area contributed by atoms with Gasteiger partial charge in [0.15, 0.2) is 0 Å². The van der Waals surface area contributed by atoms with Crippen LogP contribution in [0.5, 0.6) is 0 Å². The van der Waals surface area contributed by atoms with Gasteiger partial charge in [0, 0.05) is 45.1 Å². The zero-order valence-corrected chi connectivity index (χ0v) is 16.6. The smallest absolute Gasteiger partial charge is 0.337 e. The second-order valence-electron chi connectivity index (χ2n) is 7.51. The molecule has 0 bridgehead atoms. The number of pyridine rings is 1. The van der Waals surface area contributed by atoms with Gasteiger partial charge in [-0.25, -0.2) is 9.18 Å². The number of aromatic carboxylic acids is 1. The van der Waals surface area contributed by atoms with E-state index in [1.807, 2.05) is 30.3 Å². The molecule has 1 aromatic heterocycles. The minimum absolute atomic E-state index is 0.0597. The predicted octanol–water partition coefficient (Wildman–Crippen LogP) is 3.83. The number of hydrogen-bond acceptors (Lipinski definition) is 4. The van der Waals surface area contributed by atoms with Crippen molar-refractivity contribution in [3.63, 3.8) is 0 Å². The van der Waals surface area contributed by atoms with E-state index in [9.17, 15) is 14.3 Å². The van der Waals surface area contributed by atoms with E-state index in [0.717, 1.165) is 37.3 Å². The average Bonchev–Trinajstić information content (AvgIpc) is 2.77. The third-order valence-corrected chi connectivity index (χ3v) is 5.61. The fourth-order valence-electron chi connectivity index (χ4n) is 4.07. The zero-order valence-electron chi connectivity index (χ0n) is 16.6. The molecule has 0 amide bonds. The molecule has 1 saturated heterocycles. The molecule has 30 heavy (non-hydrogen) atoms. The lowest BCUT2D eigenvalue weighted by atomic mass is 9.96. The van der Waals surface area contributed by atoms with Crippen LogP contribution in [-0.2, 0) is 6.54 Å². The van der Waals surface area contributed by atoms with Gasteiger partial charge in [0.05, 0.1) is 11.6 Å². The van der Waals surface area contributed by atoms with E-state index in [-0.39, 0.29) is 17.4 Å². The summed E-state index contributed by atoms with van der Waals surface area (Å²) in [6.45, 7) is 3.91. The van der Waals surface area contributed by atoms with Crippen LogP contribution < -0.4 is 0 Å². The molecule has 154 valence electrons. The fourth-order valence-corrected chi connectivity index (χ4v) is 4.07. The van der Waals surface area contributed by atoms with Gasteiger partial charge in [-0.15, -0.1) is 0 Å². The molecule has 2 heterocycles. The lowest BCUT2D eigenvalue weighted by molar-refractivity contribution is 0.0691. The number of halogens is 1. The van der Waals surface area contributed by atoms with Crippen LogP contribution in [0.25, 0.3) is 0 Å². The summed E-state index contributed by atoms with van der Waals surface area (Å²) in [4.78, 5) is 20.1. The summed E-state index contributed by atoms with van der Waals surface area (Å²) in [5.74, 6) is -1.18. The quantitative estimate of drug-likeness (QED) is 0.676. The predicted molar refractivity (Wildman–Crippen MR) is 113 cm³/mol. The van der Waals surface area contributed by atoms with Crippen molar-refractivity contribution < 1.29 is 14.3 Å². The summed E-state index contributed by atoms with van der Waals surface area (Å²) in [6.07, 6.45) is 3.05. The summed E-state index contributed by atoms with van der Waals surface area (Å²) in [5.41, 5.74) is 3.29. The topological polar surface area (TPSA) is 56.7 Å². The molecular weight excluding hydrogens is 381 g/mol. The summed E-state index contributed by atoms with van der Waals surface area (Å²) in [6, 6.07) is 18.8. The number of rotatable bonds is 6. The van der Waals surface area contributed by atoms with E-state index in [0.29, 0.717) is 6.54 Å². The van der Waals surface area contributed by atoms with Crippen LogP contribution in [0.1, 0.15) is 33.1 Å². The van der Waals surface area contributed by atoms with Gasteiger partial charge >= 0.3 is 5.97 Å². The number of nitrogens with zero attached hydrogens (tertiary/aromatic N) is 3. The van der Waals surface area contributed by atoms with E-state index >= 15 is 0 Å². The van der Waals surface area contributed by atoms with Crippen molar-refractivity contribution >= 4 is 5.97 Å². The van der Waals surface area contributed by atoms with E-state index in [2.05, 4.69) is 26.9 Å². The molecular formula is C24H24FN3O2. The van der Waals surface area contributed by atoms with E-state index < -0.39 is 5.97 Å². The van der Waals surface area contributed by atoms with Crippen LogP contribution in [0.15, 0.2) is 73.1 Å². The van der Waals surface area contributed by atoms with E-state index in [4.69, 9.17) is 0 Å². The van der Waals surface area contributed by atoms with Gasteiger partial charge in [0.1, 0.15) is 5.82 Å². The highest BCUT2D eigenvalue weighted by Gasteiger charge is 2.27. The summed E-state index contributed by atoms with van der Waals surface area (Å²) >= 11 is 0. The molecule has 3 aromatic rings. The summed E-state index contributed by atoms with van der Waals surface area (Å²) in [5, 5.41) is 9.39. The molecule has 5 nitrogen and oxygen atoms in total. The molecule has 1 fully saturated rings. The monoisotopic (exact) mass is 405 g/mol. The van der Waals surface area contributed by atoms with Gasteiger partial charge < -0.3 is 5.11 Å². The Kier molecular flexibility index (Phi) is 6.16. The van der Waals surface area contributed by atoms with Crippen molar-refractivity contribution in [3.05, 3.63) is 101 Å². The van der Waals surface area contributed by atoms with Gasteiger partial charge in [-0.2, -0.15) is 0 Å². The fraction of sp³-hybridized carbons (Fsp3) is 0.250. The lowest BCUT2D eigenvalue weighted by Crippen LogP contribution is -2.47. The minimum atomic E-state index is -0.947. The van der Waals surface area contributed by atoms with Gasteiger partial charge in [-0.1, -0.05) is 42.5 Å². The van der Waals surface area contributed by atoms with Gasteiger partial charge in [0.2, 0.25) is 0 Å². The Hall–Kier alpha value is -3.09. The largest absolute Gasteiger partial charge is 0.478 e. The Bertz CT molecular complexity index is 987. The van der Waals surface area contributed by atoms with Crippen LogP contribution in [0.2, 0.25) is 0 Å². The molecule has 2 aromatic carbocycles. The number of carboxylic acid groups (broad SMARTS) is 1. The zero-order chi connectivity index (χ0) is 20.9. The number of carboxylic acids is 1. The third-order valence-electron chi connectivity index (χ3n) is 5.61. The molecule has 6 heteroatoms. The maximum Gasteiger partial charge on any atom is 0.337 e. The molecule has 1 atom stereocenters. The Morgan fingerprint density at radius 2 is 1.63 bits per heavy atom. The van der Waals surface area contributed by atoms with Crippen molar-refractivity contribution in [2.75, 3.05) is 26.2 Å². The molecule has 0 saturated carbocycles. The van der Waals surface area contributed by atoms with Crippen LogP contribution >= 0.6 is 0 Å². The van der Waals surface area contributed by atoms with Crippen molar-refractivity contribution in [1.82, 2.24) is 14.8 Å².